The van der Waals surface area contributed by atoms with Crippen molar-refractivity contribution in [3.05, 3.63) is 0 Å². The molecular weight excluding hydrogens is 188 g/mol. The fraction of sp³-hybridized carbons (Fsp3) is 0.846. The number of hydrogen-bond acceptors (Lipinski definition) is 2. The van der Waals surface area contributed by atoms with Gasteiger partial charge in [0.25, 0.3) is 0 Å². The Labute approximate surface area is 93.4 Å². The van der Waals surface area contributed by atoms with Crippen LogP contribution in [0.1, 0.15) is 71.6 Å². The molecule has 0 aliphatic heterocycles. The first kappa shape index (κ1) is 14.3. The molecule has 0 spiro atoms. The average Bonchev–Trinajstić information content (AvgIpc) is 2.21. The Hall–Kier alpha value is -0.660. The molecule has 15 heavy (non-hydrogen) atoms. The molecule has 0 saturated heterocycles. The highest BCUT2D eigenvalue weighted by atomic mass is 16.1. The van der Waals surface area contributed by atoms with E-state index in [1.54, 1.807) is 6.92 Å². The van der Waals surface area contributed by atoms with Gasteiger partial charge in [-0.3, -0.25) is 4.79 Å². The van der Waals surface area contributed by atoms with E-state index in [1.165, 1.54) is 12.8 Å². The van der Waals surface area contributed by atoms with Crippen LogP contribution < -0.4 is 0 Å². The van der Waals surface area contributed by atoms with Crippen LogP contribution in [0.15, 0.2) is 0 Å². The Morgan fingerprint density at radius 3 is 1.73 bits per heavy atom. The molecule has 0 aromatic heterocycles. The Morgan fingerprint density at radius 1 is 0.800 bits per heavy atom. The third-order valence-corrected chi connectivity index (χ3v) is 2.63. The average molecular weight is 212 g/mol. The number of Topliss-reactive ketones (excluding diaryl/α,β-unsaturated/α-hetero) is 2. The van der Waals surface area contributed by atoms with E-state index in [0.717, 1.165) is 38.5 Å². The van der Waals surface area contributed by atoms with Gasteiger partial charge in [0.15, 0.2) is 0 Å². The highest BCUT2D eigenvalue weighted by Gasteiger charge is 1.98. The zero-order valence-electron chi connectivity index (χ0n) is 10.2. The fourth-order valence-electron chi connectivity index (χ4n) is 1.58. The minimum absolute atomic E-state index is 0.295. The van der Waals surface area contributed by atoms with Crippen LogP contribution in [0.5, 0.6) is 0 Å². The van der Waals surface area contributed by atoms with Crippen LogP contribution in [0.4, 0.5) is 0 Å². The maximum absolute atomic E-state index is 11.0. The van der Waals surface area contributed by atoms with Crippen molar-refractivity contribution >= 4 is 11.6 Å². The van der Waals surface area contributed by atoms with Gasteiger partial charge in [-0.1, -0.05) is 32.6 Å². The number of rotatable bonds is 10. The lowest BCUT2D eigenvalue weighted by atomic mass is 10.1. The number of carbonyl (C=O) groups is 2. The summed E-state index contributed by atoms with van der Waals surface area (Å²) in [6.45, 7) is 3.57. The van der Waals surface area contributed by atoms with Crippen LogP contribution in [-0.4, -0.2) is 11.6 Å². The Bertz CT molecular complexity index is 185. The second-order valence-corrected chi connectivity index (χ2v) is 4.22. The Kier molecular flexibility index (Phi) is 9.44. The maximum atomic E-state index is 11.0. The predicted octanol–water partition coefficient (Wildman–Crippen LogP) is 3.68. The van der Waals surface area contributed by atoms with Crippen molar-refractivity contribution in [2.45, 2.75) is 71.6 Å². The van der Waals surface area contributed by atoms with Crippen molar-refractivity contribution in [2.75, 3.05) is 0 Å². The molecule has 88 valence electrons. The summed E-state index contributed by atoms with van der Waals surface area (Å²) in [5, 5.41) is 0. The third kappa shape index (κ3) is 11.3. The van der Waals surface area contributed by atoms with Crippen LogP contribution in [-0.2, 0) is 9.59 Å². The monoisotopic (exact) mass is 212 g/mol. The summed E-state index contributed by atoms with van der Waals surface area (Å²) in [6, 6.07) is 0. The van der Waals surface area contributed by atoms with Crippen LogP contribution in [0.25, 0.3) is 0 Å². The van der Waals surface area contributed by atoms with Crippen molar-refractivity contribution in [1.82, 2.24) is 0 Å². The van der Waals surface area contributed by atoms with Crippen LogP contribution in [0.3, 0.4) is 0 Å². The van der Waals surface area contributed by atoms with Gasteiger partial charge in [0.2, 0.25) is 0 Å². The number of unbranched alkanes of at least 4 members (excludes halogenated alkanes) is 5. The standard InChI is InChI=1S/C13H24O2/c1-3-13(15)11-9-7-5-4-6-8-10-12(2)14/h3-11H2,1-2H3. The first-order chi connectivity index (χ1) is 7.16. The normalized spacial score (nSPS) is 10.3. The largest absolute Gasteiger partial charge is 0.300 e. The van der Waals surface area contributed by atoms with Crippen LogP contribution >= 0.6 is 0 Å². The molecule has 0 aromatic carbocycles. The van der Waals surface area contributed by atoms with Crippen molar-refractivity contribution < 1.29 is 9.59 Å². The van der Waals surface area contributed by atoms with Gasteiger partial charge in [-0.2, -0.15) is 0 Å². The number of ketones is 2. The highest BCUT2D eigenvalue weighted by Crippen LogP contribution is 2.09. The molecule has 2 heteroatoms. The molecule has 0 bridgehead atoms. The summed E-state index contributed by atoms with van der Waals surface area (Å²) in [7, 11) is 0. The lowest BCUT2D eigenvalue weighted by molar-refractivity contribution is -0.119. The van der Waals surface area contributed by atoms with Crippen molar-refractivity contribution in [2.24, 2.45) is 0 Å². The van der Waals surface area contributed by atoms with Crippen LogP contribution in [0, 0.1) is 0 Å². The molecule has 0 unspecified atom stereocenters. The van der Waals surface area contributed by atoms with Gasteiger partial charge in [-0.05, 0) is 19.8 Å². The van der Waals surface area contributed by atoms with E-state index in [2.05, 4.69) is 0 Å². The van der Waals surface area contributed by atoms with E-state index < -0.39 is 0 Å². The van der Waals surface area contributed by atoms with Crippen molar-refractivity contribution in [3.8, 4) is 0 Å². The number of carbonyl (C=O) groups excluding carboxylic acids is 2. The third-order valence-electron chi connectivity index (χ3n) is 2.63. The van der Waals surface area contributed by atoms with Crippen molar-refractivity contribution in [1.29, 1.82) is 0 Å². The highest BCUT2D eigenvalue weighted by molar-refractivity contribution is 5.77. The zero-order chi connectivity index (χ0) is 11.5. The maximum Gasteiger partial charge on any atom is 0.132 e. The smallest absolute Gasteiger partial charge is 0.132 e. The van der Waals surface area contributed by atoms with Gasteiger partial charge >= 0.3 is 0 Å². The minimum atomic E-state index is 0.295. The zero-order valence-corrected chi connectivity index (χ0v) is 10.2. The molecule has 0 N–H and O–H groups in total. The molecule has 0 aromatic rings. The Morgan fingerprint density at radius 2 is 1.27 bits per heavy atom. The van der Waals surface area contributed by atoms with E-state index in [-0.39, 0.29) is 0 Å². The van der Waals surface area contributed by atoms with Gasteiger partial charge in [-0.15, -0.1) is 0 Å². The topological polar surface area (TPSA) is 34.1 Å². The summed E-state index contributed by atoms with van der Waals surface area (Å²) in [5.74, 6) is 0.676. The summed E-state index contributed by atoms with van der Waals surface area (Å²) in [5.41, 5.74) is 0. The summed E-state index contributed by atoms with van der Waals surface area (Å²) < 4.78 is 0. The minimum Gasteiger partial charge on any atom is -0.300 e. The van der Waals surface area contributed by atoms with Crippen molar-refractivity contribution in [3.63, 3.8) is 0 Å². The van der Waals surface area contributed by atoms with E-state index in [1.807, 2.05) is 6.92 Å². The molecule has 0 aliphatic rings. The second kappa shape index (κ2) is 9.88. The fourth-order valence-corrected chi connectivity index (χ4v) is 1.58. The van der Waals surface area contributed by atoms with Crippen LogP contribution in [0.2, 0.25) is 0 Å². The lowest BCUT2D eigenvalue weighted by Crippen LogP contribution is -1.94. The SMILES string of the molecule is CCC(=O)CCCCCCCCC(C)=O. The predicted molar refractivity (Wildman–Crippen MR) is 62.9 cm³/mol. The molecule has 0 fully saturated rings. The first-order valence-corrected chi connectivity index (χ1v) is 6.18. The van der Waals surface area contributed by atoms with E-state index in [9.17, 15) is 9.59 Å². The molecule has 0 rings (SSSR count). The van der Waals surface area contributed by atoms with Gasteiger partial charge in [0.1, 0.15) is 11.6 Å². The second-order valence-electron chi connectivity index (χ2n) is 4.22. The first-order valence-electron chi connectivity index (χ1n) is 6.18. The van der Waals surface area contributed by atoms with Gasteiger partial charge in [0, 0.05) is 19.3 Å². The van der Waals surface area contributed by atoms with E-state index >= 15 is 0 Å². The molecular formula is C13H24O2. The summed E-state index contributed by atoms with van der Waals surface area (Å²) >= 11 is 0. The van der Waals surface area contributed by atoms with Gasteiger partial charge in [0.05, 0.1) is 0 Å². The molecule has 0 amide bonds. The molecule has 0 heterocycles. The van der Waals surface area contributed by atoms with E-state index in [4.69, 9.17) is 0 Å². The van der Waals surface area contributed by atoms with Gasteiger partial charge in [-0.25, -0.2) is 0 Å². The molecule has 2 nitrogen and oxygen atoms in total. The van der Waals surface area contributed by atoms with Gasteiger partial charge < -0.3 is 4.79 Å². The van der Waals surface area contributed by atoms with E-state index in [0.29, 0.717) is 18.0 Å². The molecule has 0 saturated carbocycles. The molecule has 0 aliphatic carbocycles. The summed E-state index contributed by atoms with van der Waals surface area (Å²) in [4.78, 5) is 21.6. The Balaban J connectivity index is 3.05. The molecule has 0 atom stereocenters. The molecule has 0 radical (unpaired) electrons. The lowest BCUT2D eigenvalue weighted by Gasteiger charge is -2.00. The quantitative estimate of drug-likeness (QED) is 0.518. The number of hydrogen-bond donors (Lipinski definition) is 0. The summed E-state index contributed by atoms with van der Waals surface area (Å²) in [6.07, 6.45) is 8.95.